The van der Waals surface area contributed by atoms with E-state index in [4.69, 9.17) is 4.74 Å². The van der Waals surface area contributed by atoms with Crippen LogP contribution in [-0.2, 0) is 4.79 Å². The average Bonchev–Trinajstić information content (AvgIpc) is 3.31. The molecule has 0 spiro atoms. The second kappa shape index (κ2) is 12.5. The smallest absolute Gasteiger partial charge is 0.246 e. The van der Waals surface area contributed by atoms with Gasteiger partial charge in [-0.25, -0.2) is 0 Å². The largest absolute Gasteiger partial charge is 0.492 e. The molecule has 1 saturated heterocycles. The highest BCUT2D eigenvalue weighted by molar-refractivity contribution is 6.01. The van der Waals surface area contributed by atoms with Gasteiger partial charge in [0.1, 0.15) is 12.4 Å². The number of allylic oxidation sites excluding steroid dienone is 1. The first-order valence-corrected chi connectivity index (χ1v) is 14.5. The maximum absolute atomic E-state index is 14.5. The highest BCUT2D eigenvalue weighted by Gasteiger charge is 2.27. The lowest BCUT2D eigenvalue weighted by Gasteiger charge is -2.31. The lowest BCUT2D eigenvalue weighted by atomic mass is 9.73. The van der Waals surface area contributed by atoms with Gasteiger partial charge in [-0.15, -0.1) is 0 Å². The number of amides is 1. The quantitative estimate of drug-likeness (QED) is 0.132. The number of aromatic nitrogens is 2. The van der Waals surface area contributed by atoms with Crippen molar-refractivity contribution < 1.29 is 13.9 Å². The van der Waals surface area contributed by atoms with Crippen molar-refractivity contribution in [2.45, 2.75) is 25.7 Å². The molecule has 2 aliphatic rings. The van der Waals surface area contributed by atoms with Gasteiger partial charge in [0, 0.05) is 32.3 Å². The summed E-state index contributed by atoms with van der Waals surface area (Å²) in [7, 11) is 0. The Labute approximate surface area is 239 Å². The molecule has 7 heteroatoms. The van der Waals surface area contributed by atoms with E-state index in [1.807, 2.05) is 47.4 Å². The number of rotatable bonds is 11. The number of benzene rings is 3. The van der Waals surface area contributed by atoms with Gasteiger partial charge >= 0.3 is 0 Å². The fourth-order valence-corrected chi connectivity index (χ4v) is 5.46. The number of nitrogens with zero attached hydrogens (tertiary/aromatic N) is 2. The Bertz CT molecular complexity index is 1550. The SMILES string of the molecule is O=C(C=CCNCCOc1ccc(/C(=C(\c2ccccc2)C2CCC2)c2ccc3n[nH]c(F)c3c2)cc1)N1CCC1. The standard InChI is InChI=1S/C34H35FN4O2/c35-34-29-23-27(14-17-30(29)37-38-34)33(32(25-9-4-10-25)24-7-2-1-3-8-24)26-12-15-28(16-13-26)41-22-19-36-18-5-11-31(40)39-20-6-21-39/h1-3,5,7-8,11-17,23,25,36H,4,6,9-10,18-22H2,(H,37,38)/b11-5?,33-32-. The number of carbonyl (C=O) groups excluding carboxylic acids is 1. The van der Waals surface area contributed by atoms with Crippen LogP contribution in [0.15, 0.2) is 84.9 Å². The second-order valence-corrected chi connectivity index (χ2v) is 10.7. The van der Waals surface area contributed by atoms with Gasteiger partial charge in [-0.1, -0.05) is 61.0 Å². The summed E-state index contributed by atoms with van der Waals surface area (Å²) < 4.78 is 20.5. The minimum atomic E-state index is -0.415. The first-order valence-electron chi connectivity index (χ1n) is 14.5. The van der Waals surface area contributed by atoms with Crippen LogP contribution in [0.3, 0.4) is 0 Å². The van der Waals surface area contributed by atoms with Crippen molar-refractivity contribution in [1.29, 1.82) is 0 Å². The molecular formula is C34H35FN4O2. The van der Waals surface area contributed by atoms with Crippen LogP contribution in [0.2, 0.25) is 0 Å². The predicted octanol–water partition coefficient (Wildman–Crippen LogP) is 6.22. The predicted molar refractivity (Wildman–Crippen MR) is 161 cm³/mol. The van der Waals surface area contributed by atoms with Crippen molar-refractivity contribution in [2.24, 2.45) is 5.92 Å². The zero-order valence-electron chi connectivity index (χ0n) is 23.1. The zero-order valence-corrected chi connectivity index (χ0v) is 23.1. The van der Waals surface area contributed by atoms with Gasteiger partial charge in [-0.3, -0.25) is 9.89 Å². The fourth-order valence-electron chi connectivity index (χ4n) is 5.46. The molecule has 210 valence electrons. The molecule has 41 heavy (non-hydrogen) atoms. The number of aromatic amines is 1. The van der Waals surface area contributed by atoms with Gasteiger partial charge in [0.15, 0.2) is 0 Å². The van der Waals surface area contributed by atoms with Crippen molar-refractivity contribution >= 4 is 28.0 Å². The first-order chi connectivity index (χ1) is 20.2. The molecule has 1 aliphatic heterocycles. The summed E-state index contributed by atoms with van der Waals surface area (Å²) in [6.07, 6.45) is 8.11. The van der Waals surface area contributed by atoms with E-state index >= 15 is 0 Å². The summed E-state index contributed by atoms with van der Waals surface area (Å²) in [5.41, 5.74) is 6.29. The summed E-state index contributed by atoms with van der Waals surface area (Å²) in [5, 5.41) is 10.3. The molecule has 0 atom stereocenters. The number of likely N-dealkylation sites (tertiary alicyclic amines) is 1. The third-order valence-corrected chi connectivity index (χ3v) is 8.04. The van der Waals surface area contributed by atoms with Crippen LogP contribution in [-0.4, -0.2) is 53.8 Å². The number of ether oxygens (including phenoxy) is 1. The second-order valence-electron chi connectivity index (χ2n) is 10.7. The Morgan fingerprint density at radius 1 is 1.00 bits per heavy atom. The van der Waals surface area contributed by atoms with E-state index < -0.39 is 5.95 Å². The van der Waals surface area contributed by atoms with Crippen molar-refractivity contribution in [3.05, 3.63) is 108 Å². The van der Waals surface area contributed by atoms with Crippen LogP contribution < -0.4 is 10.1 Å². The Kier molecular flexibility index (Phi) is 8.23. The highest BCUT2D eigenvalue weighted by atomic mass is 19.1. The van der Waals surface area contributed by atoms with Crippen molar-refractivity contribution in [1.82, 2.24) is 20.4 Å². The third-order valence-electron chi connectivity index (χ3n) is 8.04. The van der Waals surface area contributed by atoms with Gasteiger partial charge in [-0.2, -0.15) is 9.49 Å². The van der Waals surface area contributed by atoms with E-state index in [1.165, 1.54) is 17.6 Å². The maximum Gasteiger partial charge on any atom is 0.246 e. The summed E-state index contributed by atoms with van der Waals surface area (Å²) in [5.74, 6) is 0.918. The van der Waals surface area contributed by atoms with Crippen LogP contribution in [0, 0.1) is 11.9 Å². The molecule has 1 aromatic heterocycles. The average molecular weight is 551 g/mol. The molecule has 4 aromatic rings. The number of hydrogen-bond donors (Lipinski definition) is 2. The normalized spacial score (nSPS) is 16.0. The Hall–Kier alpha value is -4.23. The molecule has 0 radical (unpaired) electrons. The summed E-state index contributed by atoms with van der Waals surface area (Å²) >= 11 is 0. The molecule has 6 nitrogen and oxygen atoms in total. The molecule has 2 fully saturated rings. The highest BCUT2D eigenvalue weighted by Crippen LogP contribution is 2.45. The monoisotopic (exact) mass is 550 g/mol. The molecule has 6 rings (SSSR count). The van der Waals surface area contributed by atoms with Gasteiger partial charge in [0.25, 0.3) is 0 Å². The number of fused-ring (bicyclic) bond motifs is 1. The lowest BCUT2D eigenvalue weighted by Crippen LogP contribution is -2.41. The van der Waals surface area contributed by atoms with Gasteiger partial charge in [-0.05, 0) is 77.3 Å². The Morgan fingerprint density at radius 2 is 1.78 bits per heavy atom. The van der Waals surface area contributed by atoms with Crippen molar-refractivity contribution in [2.75, 3.05) is 32.8 Å². The van der Waals surface area contributed by atoms with E-state index in [2.05, 4.69) is 51.9 Å². The van der Waals surface area contributed by atoms with E-state index in [9.17, 15) is 9.18 Å². The van der Waals surface area contributed by atoms with E-state index in [0.717, 1.165) is 54.8 Å². The summed E-state index contributed by atoms with van der Waals surface area (Å²) in [4.78, 5) is 13.7. The molecule has 2 N–H and O–H groups in total. The van der Waals surface area contributed by atoms with E-state index in [1.54, 1.807) is 6.08 Å². The first kappa shape index (κ1) is 27.0. The van der Waals surface area contributed by atoms with Crippen LogP contribution in [0.25, 0.3) is 22.0 Å². The molecule has 1 amide bonds. The minimum Gasteiger partial charge on any atom is -0.492 e. The molecule has 1 aliphatic carbocycles. The van der Waals surface area contributed by atoms with Crippen LogP contribution in [0.5, 0.6) is 5.75 Å². The molecule has 3 aromatic carbocycles. The van der Waals surface area contributed by atoms with Crippen LogP contribution >= 0.6 is 0 Å². The van der Waals surface area contributed by atoms with Crippen LogP contribution in [0.1, 0.15) is 42.4 Å². The number of halogens is 1. The minimum absolute atomic E-state index is 0.0883. The van der Waals surface area contributed by atoms with Crippen molar-refractivity contribution in [3.63, 3.8) is 0 Å². The van der Waals surface area contributed by atoms with Crippen molar-refractivity contribution in [3.8, 4) is 5.75 Å². The van der Waals surface area contributed by atoms with Gasteiger partial charge < -0.3 is 15.0 Å². The van der Waals surface area contributed by atoms with E-state index in [0.29, 0.717) is 36.5 Å². The third kappa shape index (κ3) is 6.10. The number of nitrogens with one attached hydrogen (secondary N) is 2. The topological polar surface area (TPSA) is 70.2 Å². The molecule has 0 unspecified atom stereocenters. The molecule has 0 bridgehead atoms. The molecule has 1 saturated carbocycles. The molecular weight excluding hydrogens is 515 g/mol. The van der Waals surface area contributed by atoms with Gasteiger partial charge in [0.2, 0.25) is 11.9 Å². The number of H-pyrrole nitrogens is 1. The maximum atomic E-state index is 14.5. The lowest BCUT2D eigenvalue weighted by molar-refractivity contribution is -0.129. The summed E-state index contributed by atoms with van der Waals surface area (Å²) in [6.45, 7) is 3.55. The number of hydrogen-bond acceptors (Lipinski definition) is 4. The van der Waals surface area contributed by atoms with E-state index in [-0.39, 0.29) is 5.91 Å². The molecule has 2 heterocycles. The van der Waals surface area contributed by atoms with Crippen LogP contribution in [0.4, 0.5) is 4.39 Å². The fraction of sp³-hybridized carbons (Fsp3) is 0.294. The Balaban J connectivity index is 1.20. The van der Waals surface area contributed by atoms with Gasteiger partial charge in [0.05, 0.1) is 10.9 Å². The summed E-state index contributed by atoms with van der Waals surface area (Å²) in [6, 6.07) is 24.6. The zero-order chi connectivity index (χ0) is 28.0. The Morgan fingerprint density at radius 3 is 2.49 bits per heavy atom. The number of carbonyl (C=O) groups is 1.